The molecule has 16 heavy (non-hydrogen) atoms. The van der Waals surface area contributed by atoms with Crippen LogP contribution < -0.4 is 15.2 Å². The van der Waals surface area contributed by atoms with Gasteiger partial charge in [0, 0.05) is 6.54 Å². The molecule has 2 N–H and O–H groups in total. The fraction of sp³-hybridized carbons (Fsp3) is 0.500. The number of benzene rings is 1. The van der Waals surface area contributed by atoms with Crippen LogP contribution in [0, 0.1) is 0 Å². The molecule has 0 amide bonds. The van der Waals surface area contributed by atoms with E-state index in [0.29, 0.717) is 6.54 Å². The molecule has 1 aliphatic heterocycles. The summed E-state index contributed by atoms with van der Waals surface area (Å²) in [5.41, 5.74) is 6.73. The first kappa shape index (κ1) is 11.2. The van der Waals surface area contributed by atoms with Gasteiger partial charge in [0.05, 0.1) is 12.2 Å². The average molecular weight is 223 g/mol. The lowest BCUT2D eigenvalue weighted by Gasteiger charge is -2.19. The third kappa shape index (κ3) is 2.28. The smallest absolute Gasteiger partial charge is 0.231 e. The molecule has 4 heteroatoms. The van der Waals surface area contributed by atoms with Crippen molar-refractivity contribution in [2.45, 2.75) is 26.1 Å². The number of rotatable bonds is 4. The van der Waals surface area contributed by atoms with Gasteiger partial charge in [-0.05, 0) is 31.5 Å². The standard InChI is InChI=1S/C12H17NO3/c1-8(2)16-12(6-13)9-3-4-10-11(5-9)15-7-14-10/h3-5,8,12H,6-7,13H2,1-2H3/t12-/m1/s1. The normalized spacial score (nSPS) is 15.5. The molecule has 1 aromatic rings. The molecule has 0 unspecified atom stereocenters. The van der Waals surface area contributed by atoms with Crippen LogP contribution in [0.5, 0.6) is 11.5 Å². The van der Waals surface area contributed by atoms with Crippen molar-refractivity contribution in [1.29, 1.82) is 0 Å². The molecule has 0 spiro atoms. The highest BCUT2D eigenvalue weighted by molar-refractivity contribution is 5.45. The van der Waals surface area contributed by atoms with E-state index in [0.717, 1.165) is 17.1 Å². The maximum Gasteiger partial charge on any atom is 0.231 e. The first-order valence-corrected chi connectivity index (χ1v) is 5.45. The molecule has 1 atom stereocenters. The fourth-order valence-corrected chi connectivity index (χ4v) is 1.71. The summed E-state index contributed by atoms with van der Waals surface area (Å²) >= 11 is 0. The second-order valence-electron chi connectivity index (χ2n) is 4.02. The molecule has 0 saturated heterocycles. The van der Waals surface area contributed by atoms with E-state index in [4.69, 9.17) is 19.9 Å². The van der Waals surface area contributed by atoms with Crippen LogP contribution in [0.3, 0.4) is 0 Å². The lowest BCUT2D eigenvalue weighted by atomic mass is 10.1. The molecule has 0 saturated carbocycles. The van der Waals surface area contributed by atoms with Crippen LogP contribution in [0.15, 0.2) is 18.2 Å². The number of fused-ring (bicyclic) bond motifs is 1. The van der Waals surface area contributed by atoms with Gasteiger partial charge in [-0.2, -0.15) is 0 Å². The van der Waals surface area contributed by atoms with Gasteiger partial charge in [0.25, 0.3) is 0 Å². The van der Waals surface area contributed by atoms with Crippen molar-refractivity contribution < 1.29 is 14.2 Å². The van der Waals surface area contributed by atoms with Gasteiger partial charge in [0.2, 0.25) is 6.79 Å². The predicted molar refractivity (Wildman–Crippen MR) is 60.6 cm³/mol. The first-order valence-electron chi connectivity index (χ1n) is 5.45. The Morgan fingerprint density at radius 2 is 2.06 bits per heavy atom. The van der Waals surface area contributed by atoms with E-state index < -0.39 is 0 Å². The van der Waals surface area contributed by atoms with Gasteiger partial charge in [-0.15, -0.1) is 0 Å². The van der Waals surface area contributed by atoms with Gasteiger partial charge in [-0.3, -0.25) is 0 Å². The fourth-order valence-electron chi connectivity index (χ4n) is 1.71. The van der Waals surface area contributed by atoms with Crippen LogP contribution in [0.25, 0.3) is 0 Å². The Bertz CT molecular complexity index is 365. The molecule has 2 rings (SSSR count). The molecule has 1 heterocycles. The van der Waals surface area contributed by atoms with Crippen LogP contribution >= 0.6 is 0 Å². The van der Waals surface area contributed by atoms with Crippen molar-refractivity contribution in [2.24, 2.45) is 5.73 Å². The van der Waals surface area contributed by atoms with Gasteiger partial charge in [-0.1, -0.05) is 6.07 Å². The maximum absolute atomic E-state index is 5.72. The average Bonchev–Trinajstić information content (AvgIpc) is 2.72. The van der Waals surface area contributed by atoms with Crippen LogP contribution in [-0.4, -0.2) is 19.4 Å². The summed E-state index contributed by atoms with van der Waals surface area (Å²) in [7, 11) is 0. The molecular weight excluding hydrogens is 206 g/mol. The third-order valence-corrected chi connectivity index (χ3v) is 2.42. The minimum absolute atomic E-state index is 0.0884. The Hall–Kier alpha value is -1.26. The zero-order valence-corrected chi connectivity index (χ0v) is 9.60. The van der Waals surface area contributed by atoms with E-state index >= 15 is 0 Å². The molecule has 88 valence electrons. The minimum atomic E-state index is -0.0884. The number of nitrogens with two attached hydrogens (primary N) is 1. The lowest BCUT2D eigenvalue weighted by Crippen LogP contribution is -2.19. The third-order valence-electron chi connectivity index (χ3n) is 2.42. The van der Waals surface area contributed by atoms with Crippen LogP contribution in [0.2, 0.25) is 0 Å². The van der Waals surface area contributed by atoms with E-state index in [1.165, 1.54) is 0 Å². The number of hydrogen-bond donors (Lipinski definition) is 1. The Morgan fingerprint density at radius 3 is 2.75 bits per heavy atom. The molecule has 0 aromatic heterocycles. The van der Waals surface area contributed by atoms with Crippen molar-refractivity contribution in [3.63, 3.8) is 0 Å². The Labute approximate surface area is 95.3 Å². The zero-order chi connectivity index (χ0) is 11.5. The highest BCUT2D eigenvalue weighted by Crippen LogP contribution is 2.34. The summed E-state index contributed by atoms with van der Waals surface area (Å²) in [6, 6.07) is 5.79. The summed E-state index contributed by atoms with van der Waals surface area (Å²) in [4.78, 5) is 0. The van der Waals surface area contributed by atoms with Crippen molar-refractivity contribution in [1.82, 2.24) is 0 Å². The van der Waals surface area contributed by atoms with E-state index in [1.807, 2.05) is 32.0 Å². The highest BCUT2D eigenvalue weighted by Gasteiger charge is 2.18. The van der Waals surface area contributed by atoms with Crippen LogP contribution in [-0.2, 0) is 4.74 Å². The number of ether oxygens (including phenoxy) is 3. The summed E-state index contributed by atoms with van der Waals surface area (Å²) in [5, 5.41) is 0. The molecule has 1 aliphatic rings. The second kappa shape index (κ2) is 4.72. The lowest BCUT2D eigenvalue weighted by molar-refractivity contribution is 0.0119. The molecule has 0 aliphatic carbocycles. The van der Waals surface area contributed by atoms with Crippen LogP contribution in [0.1, 0.15) is 25.5 Å². The Kier molecular flexibility index (Phi) is 3.31. The van der Waals surface area contributed by atoms with E-state index in [2.05, 4.69) is 0 Å². The zero-order valence-electron chi connectivity index (χ0n) is 9.60. The Balaban J connectivity index is 2.18. The first-order chi connectivity index (χ1) is 7.70. The summed E-state index contributed by atoms with van der Waals surface area (Å²) in [5.74, 6) is 1.55. The SMILES string of the molecule is CC(C)O[C@H](CN)c1ccc2c(c1)OCO2. The Morgan fingerprint density at radius 1 is 1.31 bits per heavy atom. The highest BCUT2D eigenvalue weighted by atomic mass is 16.7. The van der Waals surface area contributed by atoms with Crippen molar-refractivity contribution in [3.05, 3.63) is 23.8 Å². The molecule has 0 bridgehead atoms. The van der Waals surface area contributed by atoms with Gasteiger partial charge in [0.15, 0.2) is 11.5 Å². The number of hydrogen-bond acceptors (Lipinski definition) is 4. The molecule has 1 aromatic carbocycles. The van der Waals surface area contributed by atoms with Gasteiger partial charge >= 0.3 is 0 Å². The second-order valence-corrected chi connectivity index (χ2v) is 4.02. The molecule has 0 fully saturated rings. The summed E-state index contributed by atoms with van der Waals surface area (Å²) < 4.78 is 16.3. The van der Waals surface area contributed by atoms with Crippen molar-refractivity contribution in [2.75, 3.05) is 13.3 Å². The van der Waals surface area contributed by atoms with E-state index in [1.54, 1.807) is 0 Å². The summed E-state index contributed by atoms with van der Waals surface area (Å²) in [6.07, 6.45) is 0.0634. The van der Waals surface area contributed by atoms with E-state index in [9.17, 15) is 0 Å². The van der Waals surface area contributed by atoms with Crippen molar-refractivity contribution in [3.8, 4) is 11.5 Å². The van der Waals surface area contributed by atoms with E-state index in [-0.39, 0.29) is 19.0 Å². The van der Waals surface area contributed by atoms with Crippen LogP contribution in [0.4, 0.5) is 0 Å². The molecule has 0 radical (unpaired) electrons. The summed E-state index contributed by atoms with van der Waals surface area (Å²) in [6.45, 7) is 4.74. The van der Waals surface area contributed by atoms with Gasteiger partial charge in [-0.25, -0.2) is 0 Å². The van der Waals surface area contributed by atoms with Gasteiger partial charge in [0.1, 0.15) is 0 Å². The predicted octanol–water partition coefficient (Wildman–Crippen LogP) is 1.84. The molecule has 4 nitrogen and oxygen atoms in total. The maximum atomic E-state index is 5.72. The van der Waals surface area contributed by atoms with Gasteiger partial charge < -0.3 is 19.9 Å². The largest absolute Gasteiger partial charge is 0.454 e. The quantitative estimate of drug-likeness (QED) is 0.846. The van der Waals surface area contributed by atoms with Crippen molar-refractivity contribution >= 4 is 0 Å². The molecular formula is C12H17NO3. The monoisotopic (exact) mass is 223 g/mol. The minimum Gasteiger partial charge on any atom is -0.454 e. The topological polar surface area (TPSA) is 53.7 Å².